The fourth-order valence-corrected chi connectivity index (χ4v) is 7.06. The predicted octanol–water partition coefficient (Wildman–Crippen LogP) is 5.81. The molecule has 0 radical (unpaired) electrons. The van der Waals surface area contributed by atoms with E-state index in [2.05, 4.69) is 11.0 Å². The van der Waals surface area contributed by atoms with Crippen molar-refractivity contribution >= 4 is 29.2 Å². The highest BCUT2D eigenvalue weighted by Crippen LogP contribution is 2.37. The Labute approximate surface area is 336 Å². The second-order valence-electron chi connectivity index (χ2n) is 15.2. The van der Waals surface area contributed by atoms with Crippen molar-refractivity contribution in [2.75, 3.05) is 64.6 Å². The Morgan fingerprint density at radius 1 is 0.875 bits per heavy atom. The summed E-state index contributed by atoms with van der Waals surface area (Å²) in [6, 6.07) is 19.6. The summed E-state index contributed by atoms with van der Waals surface area (Å²) in [6.45, 7) is 12.0. The number of hydrogen-bond acceptors (Lipinski definition) is 11. The molecule has 2 aliphatic rings. The van der Waals surface area contributed by atoms with Crippen LogP contribution in [0.25, 0.3) is 0 Å². The van der Waals surface area contributed by atoms with Crippen molar-refractivity contribution in [3.63, 3.8) is 0 Å². The quantitative estimate of drug-likeness (QED) is 0.112. The van der Waals surface area contributed by atoms with E-state index < -0.39 is 36.2 Å². The molecule has 0 saturated carbocycles. The number of amides is 1. The van der Waals surface area contributed by atoms with Crippen LogP contribution in [0.2, 0.25) is 5.02 Å². The van der Waals surface area contributed by atoms with Gasteiger partial charge in [-0.05, 0) is 65.8 Å². The Morgan fingerprint density at radius 3 is 2.30 bits per heavy atom. The monoisotopic (exact) mass is 794 g/mol. The molecule has 3 aromatic rings. The average molecular weight is 795 g/mol. The highest BCUT2D eigenvalue weighted by molar-refractivity contribution is 6.32. The largest absolute Gasteiger partial charge is 0.493 e. The first-order valence-electron chi connectivity index (χ1n) is 19.7. The van der Waals surface area contributed by atoms with E-state index in [1.54, 1.807) is 18.1 Å². The molecular weight excluding hydrogens is 736 g/mol. The summed E-state index contributed by atoms with van der Waals surface area (Å²) >= 11 is 6.21. The molecule has 0 aromatic heterocycles. The maximum absolute atomic E-state index is 13.8. The Morgan fingerprint density at radius 2 is 1.59 bits per heavy atom. The van der Waals surface area contributed by atoms with Crippen LogP contribution in [0.3, 0.4) is 0 Å². The third-order valence-electron chi connectivity index (χ3n) is 10.3. The van der Waals surface area contributed by atoms with Crippen molar-refractivity contribution in [2.45, 2.75) is 77.4 Å². The van der Waals surface area contributed by atoms with Crippen molar-refractivity contribution in [3.8, 4) is 17.2 Å². The standard InChI is InChI=1S/C43H59ClN4O8/c1-28(2)40(45)42(49)48-25-37(55-27-30-12-17-36-34(24-30)47(19-23-54-36)18-8-20-51-5)39(38(26-48)56-43(50)41(46)29(3)4)31-13-15-32(16-14-31)52-21-9-22-53-35-11-7-6-10-33(35)44/h6-7,10-17,24,28-29,37-41H,8-9,18-23,25-27,45-46H2,1-5H3/t37-,38+,39?,40-,41-/m0/s1. The number of para-hydroxylation sites is 1. The Kier molecular flexibility index (Phi) is 16.1. The zero-order valence-corrected chi connectivity index (χ0v) is 34.1. The molecule has 5 rings (SSSR count). The van der Waals surface area contributed by atoms with Crippen molar-refractivity contribution in [2.24, 2.45) is 23.3 Å². The van der Waals surface area contributed by atoms with Crippen LogP contribution in [0.4, 0.5) is 5.69 Å². The van der Waals surface area contributed by atoms with Gasteiger partial charge in [0.1, 0.15) is 36.0 Å². The van der Waals surface area contributed by atoms with Crippen molar-refractivity contribution in [1.29, 1.82) is 0 Å². The van der Waals surface area contributed by atoms with Crippen molar-refractivity contribution in [1.82, 2.24) is 4.90 Å². The smallest absolute Gasteiger partial charge is 0.323 e. The molecule has 2 aliphatic heterocycles. The summed E-state index contributed by atoms with van der Waals surface area (Å²) in [5.41, 5.74) is 15.5. The number of fused-ring (bicyclic) bond motifs is 1. The Balaban J connectivity index is 1.37. The van der Waals surface area contributed by atoms with Crippen molar-refractivity contribution < 1.29 is 38.0 Å². The van der Waals surface area contributed by atoms with Gasteiger partial charge in [0.25, 0.3) is 0 Å². The first kappa shape index (κ1) is 43.1. The summed E-state index contributed by atoms with van der Waals surface area (Å²) in [5.74, 6) is 0.741. The normalized spacial score (nSPS) is 19.3. The summed E-state index contributed by atoms with van der Waals surface area (Å²) in [6.07, 6.45) is 0.239. The SMILES string of the molecule is COCCCN1CCOc2ccc(CO[C@H]3CN(C(=O)[C@@H](N)C(C)C)C[C@@H](OC(=O)[C@@H](N)C(C)C)C3c3ccc(OCCCOc4ccccc4Cl)cc3)cc21. The number of methoxy groups -OCH3 is 1. The van der Waals surface area contributed by atoms with E-state index in [-0.39, 0.29) is 37.4 Å². The molecular formula is C43H59ClN4O8. The highest BCUT2D eigenvalue weighted by Gasteiger charge is 2.44. The number of carbonyl (C=O) groups is 2. The molecule has 1 saturated heterocycles. The minimum absolute atomic E-state index is 0.0882. The summed E-state index contributed by atoms with van der Waals surface area (Å²) in [7, 11) is 1.71. The Bertz CT molecular complexity index is 1710. The number of anilines is 1. The van der Waals surface area contributed by atoms with Gasteiger partial charge in [0.05, 0.1) is 61.7 Å². The zero-order valence-electron chi connectivity index (χ0n) is 33.4. The third kappa shape index (κ3) is 11.5. The van der Waals surface area contributed by atoms with E-state index in [1.165, 1.54) is 0 Å². The molecule has 12 nitrogen and oxygen atoms in total. The maximum atomic E-state index is 13.8. The number of nitrogens with two attached hydrogens (primary N) is 2. The Hall–Kier alpha value is -4.07. The van der Waals surface area contributed by atoms with E-state index in [4.69, 9.17) is 51.5 Å². The third-order valence-corrected chi connectivity index (χ3v) is 10.6. The molecule has 1 fully saturated rings. The molecule has 4 N–H and O–H groups in total. The van der Waals surface area contributed by atoms with Gasteiger partial charge in [-0.1, -0.05) is 69.6 Å². The van der Waals surface area contributed by atoms with Crippen LogP contribution < -0.4 is 30.6 Å². The molecule has 56 heavy (non-hydrogen) atoms. The summed E-state index contributed by atoms with van der Waals surface area (Å²) in [5, 5.41) is 0.567. The minimum atomic E-state index is -0.832. The van der Waals surface area contributed by atoms with Crippen molar-refractivity contribution in [3.05, 3.63) is 82.9 Å². The van der Waals surface area contributed by atoms with E-state index >= 15 is 0 Å². The van der Waals surface area contributed by atoms with E-state index in [1.807, 2.05) is 82.3 Å². The van der Waals surface area contributed by atoms with Crippen LogP contribution in [0, 0.1) is 11.8 Å². The number of halogens is 1. The van der Waals surface area contributed by atoms with Gasteiger partial charge < -0.3 is 49.7 Å². The first-order valence-corrected chi connectivity index (χ1v) is 20.1. The van der Waals surface area contributed by atoms with Crippen LogP contribution in [0.1, 0.15) is 57.6 Å². The number of piperidine rings is 1. The number of likely N-dealkylation sites (tertiary alicyclic amines) is 1. The number of ether oxygens (including phenoxy) is 6. The van der Waals surface area contributed by atoms with Crippen LogP contribution in [-0.4, -0.2) is 101 Å². The molecule has 306 valence electrons. The highest BCUT2D eigenvalue weighted by atomic mass is 35.5. The number of nitrogens with zero attached hydrogens (tertiary/aromatic N) is 2. The van der Waals surface area contributed by atoms with Gasteiger partial charge in [-0.3, -0.25) is 9.59 Å². The second-order valence-corrected chi connectivity index (χ2v) is 15.6. The molecule has 5 atom stereocenters. The molecule has 13 heteroatoms. The first-order chi connectivity index (χ1) is 27.0. The van der Waals surface area contributed by atoms with Crippen LogP contribution in [0.5, 0.6) is 17.2 Å². The van der Waals surface area contributed by atoms with Gasteiger partial charge in [-0.2, -0.15) is 0 Å². The number of hydrogen-bond donors (Lipinski definition) is 2. The lowest BCUT2D eigenvalue weighted by Crippen LogP contribution is -2.59. The van der Waals surface area contributed by atoms with Crippen LogP contribution in [-0.2, 0) is 30.4 Å². The maximum Gasteiger partial charge on any atom is 0.323 e. The summed E-state index contributed by atoms with van der Waals surface area (Å²) < 4.78 is 36.1. The molecule has 0 aliphatic carbocycles. The van der Waals surface area contributed by atoms with Crippen LogP contribution >= 0.6 is 11.6 Å². The number of esters is 1. The van der Waals surface area contributed by atoms with Crippen LogP contribution in [0.15, 0.2) is 66.7 Å². The fourth-order valence-electron chi connectivity index (χ4n) is 6.87. The lowest BCUT2D eigenvalue weighted by Gasteiger charge is -2.44. The lowest BCUT2D eigenvalue weighted by atomic mass is 9.83. The number of benzene rings is 3. The van der Waals surface area contributed by atoms with E-state index in [0.717, 1.165) is 42.1 Å². The zero-order chi connectivity index (χ0) is 40.2. The molecule has 1 unspecified atom stereocenters. The molecule has 0 spiro atoms. The number of carbonyl (C=O) groups excluding carboxylic acids is 2. The van der Waals surface area contributed by atoms with E-state index in [0.29, 0.717) is 49.4 Å². The van der Waals surface area contributed by atoms with Gasteiger partial charge in [0.15, 0.2) is 0 Å². The number of rotatable bonds is 19. The molecule has 1 amide bonds. The topological polar surface area (TPSA) is 148 Å². The lowest BCUT2D eigenvalue weighted by molar-refractivity contribution is -0.166. The van der Waals surface area contributed by atoms with Gasteiger partial charge in [-0.15, -0.1) is 0 Å². The second kappa shape index (κ2) is 20.9. The van der Waals surface area contributed by atoms with Gasteiger partial charge in [0, 0.05) is 33.2 Å². The van der Waals surface area contributed by atoms with Gasteiger partial charge in [-0.25, -0.2) is 0 Å². The summed E-state index contributed by atoms with van der Waals surface area (Å²) in [4.78, 5) is 31.2. The average Bonchev–Trinajstić information content (AvgIpc) is 3.19. The molecule has 0 bridgehead atoms. The molecule has 3 aromatic carbocycles. The fraction of sp³-hybridized carbons (Fsp3) is 0.535. The molecule has 2 heterocycles. The van der Waals surface area contributed by atoms with Gasteiger partial charge >= 0.3 is 5.97 Å². The van der Waals surface area contributed by atoms with Gasteiger partial charge in [0.2, 0.25) is 5.91 Å². The predicted molar refractivity (Wildman–Crippen MR) is 218 cm³/mol. The minimum Gasteiger partial charge on any atom is -0.493 e. The van der Waals surface area contributed by atoms with E-state index in [9.17, 15) is 9.59 Å².